The minimum Gasteiger partial charge on any atom is -0.619 e. The van der Waals surface area contributed by atoms with Gasteiger partial charge in [-0.25, -0.2) is 8.42 Å². The molecule has 1 aromatic carbocycles. The molecule has 1 amide bonds. The number of pyridine rings is 1. The van der Waals surface area contributed by atoms with Gasteiger partial charge in [0.25, 0.3) is 5.91 Å². The highest BCUT2D eigenvalue weighted by Crippen LogP contribution is 2.30. The van der Waals surface area contributed by atoms with E-state index in [2.05, 4.69) is 0 Å². The van der Waals surface area contributed by atoms with Gasteiger partial charge in [0, 0.05) is 38.3 Å². The van der Waals surface area contributed by atoms with Crippen LogP contribution >= 0.6 is 0 Å². The van der Waals surface area contributed by atoms with Crippen LogP contribution in [-0.4, -0.2) is 49.7 Å². The molecule has 2 aromatic rings. The number of hydrogen-bond donors (Lipinski definition) is 0. The van der Waals surface area contributed by atoms with Crippen molar-refractivity contribution in [1.82, 2.24) is 9.21 Å². The van der Waals surface area contributed by atoms with Crippen molar-refractivity contribution in [2.75, 3.05) is 26.2 Å². The normalized spacial score (nSPS) is 16.2. The van der Waals surface area contributed by atoms with E-state index in [-0.39, 0.29) is 37.0 Å². The molecule has 1 aliphatic rings. The van der Waals surface area contributed by atoms with Gasteiger partial charge in [-0.1, -0.05) is 0 Å². The van der Waals surface area contributed by atoms with Gasteiger partial charge in [0.15, 0.2) is 12.4 Å². The van der Waals surface area contributed by atoms with Crippen LogP contribution in [0.3, 0.4) is 0 Å². The quantitative estimate of drug-likeness (QED) is 0.562. The summed E-state index contributed by atoms with van der Waals surface area (Å²) in [7, 11) is -3.96. The molecule has 1 fully saturated rings. The van der Waals surface area contributed by atoms with Crippen molar-refractivity contribution in [3.8, 4) is 0 Å². The van der Waals surface area contributed by atoms with E-state index < -0.39 is 21.8 Å². The molecule has 7 nitrogen and oxygen atoms in total. The monoisotopic (exact) mass is 415 g/mol. The van der Waals surface area contributed by atoms with Crippen molar-refractivity contribution < 1.29 is 31.1 Å². The van der Waals surface area contributed by atoms with Crippen LogP contribution in [0.25, 0.3) is 0 Å². The predicted octanol–water partition coefficient (Wildman–Crippen LogP) is 1.49. The lowest BCUT2D eigenvalue weighted by molar-refractivity contribution is -0.605. The van der Waals surface area contributed by atoms with Crippen molar-refractivity contribution in [2.45, 2.75) is 11.1 Å². The van der Waals surface area contributed by atoms with Crippen molar-refractivity contribution in [2.24, 2.45) is 0 Å². The number of sulfonamides is 1. The first kappa shape index (κ1) is 20.1. The Morgan fingerprint density at radius 1 is 0.964 bits per heavy atom. The molecule has 0 N–H and O–H groups in total. The second kappa shape index (κ2) is 7.40. The third-order valence-electron chi connectivity index (χ3n) is 4.39. The topological polar surface area (TPSA) is 84.6 Å². The Bertz CT molecular complexity index is 953. The Morgan fingerprint density at radius 3 is 2.00 bits per heavy atom. The molecule has 28 heavy (non-hydrogen) atoms. The van der Waals surface area contributed by atoms with Crippen LogP contribution in [0, 0.1) is 5.21 Å². The molecule has 2 heterocycles. The zero-order chi connectivity index (χ0) is 20.5. The molecule has 0 atom stereocenters. The zero-order valence-electron chi connectivity index (χ0n) is 14.5. The number of alkyl halides is 3. The van der Waals surface area contributed by atoms with Crippen LogP contribution in [-0.2, 0) is 16.2 Å². The SMILES string of the molecule is O=C(c1cc[n+]([O-])cc1)N1CCN(S(=O)(=O)c2ccc(C(F)(F)F)cc2)CC1. The fraction of sp³-hybridized carbons (Fsp3) is 0.294. The van der Waals surface area contributed by atoms with E-state index in [9.17, 15) is 31.6 Å². The Morgan fingerprint density at radius 2 is 1.50 bits per heavy atom. The maximum Gasteiger partial charge on any atom is 0.416 e. The average molecular weight is 415 g/mol. The van der Waals surface area contributed by atoms with Gasteiger partial charge in [0.05, 0.1) is 16.0 Å². The molecule has 0 spiro atoms. The number of rotatable bonds is 3. The van der Waals surface area contributed by atoms with Gasteiger partial charge < -0.3 is 10.1 Å². The maximum atomic E-state index is 12.6. The Hall–Kier alpha value is -2.66. The van der Waals surface area contributed by atoms with Crippen molar-refractivity contribution >= 4 is 15.9 Å². The number of hydrogen-bond acceptors (Lipinski definition) is 4. The van der Waals surface area contributed by atoms with Crippen LogP contribution in [0.15, 0.2) is 53.7 Å². The number of carbonyl (C=O) groups excluding carboxylic acids is 1. The number of benzene rings is 1. The molecule has 1 aliphatic heterocycles. The van der Waals surface area contributed by atoms with E-state index in [1.807, 2.05) is 0 Å². The van der Waals surface area contributed by atoms with Crippen molar-refractivity contribution in [3.05, 3.63) is 65.1 Å². The van der Waals surface area contributed by atoms with E-state index in [0.29, 0.717) is 10.3 Å². The van der Waals surface area contributed by atoms with Gasteiger partial charge in [-0.2, -0.15) is 22.2 Å². The fourth-order valence-corrected chi connectivity index (χ4v) is 4.26. The largest absolute Gasteiger partial charge is 0.619 e. The summed E-state index contributed by atoms with van der Waals surface area (Å²) in [6.07, 6.45) is -2.16. The highest BCUT2D eigenvalue weighted by atomic mass is 32.2. The molecule has 0 unspecified atom stereocenters. The summed E-state index contributed by atoms with van der Waals surface area (Å²) >= 11 is 0. The average Bonchev–Trinajstić information content (AvgIpc) is 2.67. The van der Waals surface area contributed by atoms with Gasteiger partial charge in [0.2, 0.25) is 10.0 Å². The van der Waals surface area contributed by atoms with Gasteiger partial charge in [0.1, 0.15) is 0 Å². The summed E-state index contributed by atoms with van der Waals surface area (Å²) in [6.45, 7) is 0.295. The van der Waals surface area contributed by atoms with Crippen LogP contribution in [0.4, 0.5) is 13.2 Å². The molecule has 1 saturated heterocycles. The summed E-state index contributed by atoms with van der Waals surface area (Å²) in [4.78, 5) is 13.6. The predicted molar refractivity (Wildman–Crippen MR) is 91.5 cm³/mol. The third-order valence-corrected chi connectivity index (χ3v) is 6.31. The summed E-state index contributed by atoms with van der Waals surface area (Å²) in [5, 5.41) is 11.0. The zero-order valence-corrected chi connectivity index (χ0v) is 15.3. The lowest BCUT2D eigenvalue weighted by atomic mass is 10.2. The first-order valence-electron chi connectivity index (χ1n) is 8.24. The molecular formula is C17H16F3N3O4S. The highest BCUT2D eigenvalue weighted by Gasteiger charge is 2.33. The van der Waals surface area contributed by atoms with E-state index >= 15 is 0 Å². The smallest absolute Gasteiger partial charge is 0.416 e. The van der Waals surface area contributed by atoms with Gasteiger partial charge in [-0.3, -0.25) is 4.79 Å². The van der Waals surface area contributed by atoms with Crippen LogP contribution in [0.2, 0.25) is 0 Å². The summed E-state index contributed by atoms with van der Waals surface area (Å²) in [6, 6.07) is 6.06. The lowest BCUT2D eigenvalue weighted by Crippen LogP contribution is -2.50. The maximum absolute atomic E-state index is 12.6. The molecule has 0 saturated carbocycles. The second-order valence-electron chi connectivity index (χ2n) is 6.17. The Labute approximate surface area is 159 Å². The van der Waals surface area contributed by atoms with Gasteiger partial charge in [-0.05, 0) is 24.3 Å². The summed E-state index contributed by atoms with van der Waals surface area (Å²) < 4.78 is 64.9. The van der Waals surface area contributed by atoms with Gasteiger partial charge >= 0.3 is 6.18 Å². The number of piperazine rings is 1. The molecule has 3 rings (SSSR count). The van der Waals surface area contributed by atoms with Crippen molar-refractivity contribution in [1.29, 1.82) is 0 Å². The molecule has 0 bridgehead atoms. The number of nitrogens with zero attached hydrogens (tertiary/aromatic N) is 3. The summed E-state index contributed by atoms with van der Waals surface area (Å²) in [5.41, 5.74) is -0.615. The molecule has 0 radical (unpaired) electrons. The lowest BCUT2D eigenvalue weighted by Gasteiger charge is -2.34. The highest BCUT2D eigenvalue weighted by molar-refractivity contribution is 7.89. The molecular weight excluding hydrogens is 399 g/mol. The van der Waals surface area contributed by atoms with Crippen LogP contribution in [0.1, 0.15) is 15.9 Å². The number of amides is 1. The third kappa shape index (κ3) is 4.09. The van der Waals surface area contributed by atoms with Gasteiger partial charge in [-0.15, -0.1) is 0 Å². The standard InChI is InChI=1S/C17H16F3N3O4S/c18-17(19,20)14-1-3-15(4-2-14)28(26,27)23-11-9-21(10-12-23)16(24)13-5-7-22(25)8-6-13/h1-8H,9-12H2. The number of carbonyl (C=O) groups is 1. The Kier molecular flexibility index (Phi) is 5.31. The minimum absolute atomic E-state index is 0.0173. The Balaban J connectivity index is 1.68. The van der Waals surface area contributed by atoms with Crippen molar-refractivity contribution in [3.63, 3.8) is 0 Å². The molecule has 0 aliphatic carbocycles. The second-order valence-corrected chi connectivity index (χ2v) is 8.10. The van der Waals surface area contributed by atoms with E-state index in [1.165, 1.54) is 29.4 Å². The fourth-order valence-electron chi connectivity index (χ4n) is 2.83. The molecule has 1 aromatic heterocycles. The van der Waals surface area contributed by atoms with Crippen LogP contribution in [0.5, 0.6) is 0 Å². The number of halogens is 3. The van der Waals surface area contributed by atoms with E-state index in [1.54, 1.807) is 0 Å². The van der Waals surface area contributed by atoms with Crippen LogP contribution < -0.4 is 4.73 Å². The van der Waals surface area contributed by atoms with E-state index in [4.69, 9.17) is 0 Å². The minimum atomic E-state index is -4.54. The molecule has 150 valence electrons. The molecule has 11 heteroatoms. The van der Waals surface area contributed by atoms with E-state index in [0.717, 1.165) is 28.6 Å². The number of aromatic nitrogens is 1. The first-order valence-corrected chi connectivity index (χ1v) is 9.68. The summed E-state index contributed by atoms with van der Waals surface area (Å²) in [5.74, 6) is -0.327. The first-order chi connectivity index (χ1) is 13.1.